The predicted molar refractivity (Wildman–Crippen MR) is 67.9 cm³/mol. The molecule has 1 aliphatic carbocycles. The summed E-state index contributed by atoms with van der Waals surface area (Å²) in [6, 6.07) is 7.96. The number of nitrogens with zero attached hydrogens (tertiary/aromatic N) is 1. The lowest BCUT2D eigenvalue weighted by Crippen LogP contribution is -2.25. The minimum absolute atomic E-state index is 0.366. The van der Waals surface area contributed by atoms with Gasteiger partial charge in [-0.15, -0.1) is 0 Å². The second-order valence-corrected chi connectivity index (χ2v) is 6.39. The molecule has 2 aromatic rings. The van der Waals surface area contributed by atoms with Crippen LogP contribution in [0.4, 0.5) is 4.39 Å². The summed E-state index contributed by atoms with van der Waals surface area (Å²) in [5.41, 5.74) is 2.37. The third-order valence-electron chi connectivity index (χ3n) is 3.29. The monoisotopic (exact) mass is 282 g/mol. The molecule has 1 aliphatic rings. The maximum atomic E-state index is 13.9. The Morgan fingerprint density at radius 2 is 2.26 bits per heavy atom. The van der Waals surface area contributed by atoms with Gasteiger partial charge in [-0.3, -0.25) is 8.58 Å². The topological polar surface area (TPSA) is 47.8 Å². The number of halogens is 1. The average molecular weight is 282 g/mol. The molecule has 2 heterocycles. The Morgan fingerprint density at radius 3 is 3.00 bits per heavy atom. The van der Waals surface area contributed by atoms with E-state index in [-0.39, 0.29) is 5.95 Å². The molecule has 0 aliphatic heterocycles. The van der Waals surface area contributed by atoms with Crippen molar-refractivity contribution >= 4 is 15.6 Å². The Hall–Kier alpha value is -1.40. The minimum Gasteiger partial charge on any atom is -0.290 e. The summed E-state index contributed by atoms with van der Waals surface area (Å²) in [5, 5.41) is 0. The van der Waals surface area contributed by atoms with Gasteiger partial charge in [-0.25, -0.2) is 0 Å². The molecule has 0 aromatic carbocycles. The van der Waals surface area contributed by atoms with Crippen LogP contribution in [0, 0.1) is 12.0 Å². The van der Waals surface area contributed by atoms with Gasteiger partial charge in [0, 0.05) is 18.2 Å². The van der Waals surface area contributed by atoms with Crippen molar-refractivity contribution in [1.82, 2.24) is 4.40 Å². The van der Waals surface area contributed by atoms with E-state index in [0.717, 1.165) is 17.5 Å². The second kappa shape index (κ2) is 4.31. The van der Waals surface area contributed by atoms with Crippen LogP contribution in [-0.4, -0.2) is 25.2 Å². The average Bonchev–Trinajstić information content (AvgIpc) is 2.66. The molecule has 0 fully saturated rings. The Kier molecular flexibility index (Phi) is 2.87. The highest BCUT2D eigenvalue weighted by Gasteiger charge is 2.26. The number of aryl methyl sites for hydroxylation is 1. The van der Waals surface area contributed by atoms with Crippen LogP contribution in [0.25, 0.3) is 5.52 Å². The van der Waals surface area contributed by atoms with E-state index in [4.69, 9.17) is 4.18 Å². The third-order valence-corrected chi connectivity index (χ3v) is 3.91. The molecule has 0 spiro atoms. The van der Waals surface area contributed by atoms with Gasteiger partial charge >= 0.3 is 0 Å². The summed E-state index contributed by atoms with van der Waals surface area (Å²) in [7, 11) is -3.49. The Bertz CT molecular complexity index is 736. The van der Waals surface area contributed by atoms with Crippen molar-refractivity contribution in [2.24, 2.45) is 0 Å². The fraction of sp³-hybridized carbons (Fsp3) is 0.385. The third kappa shape index (κ3) is 2.37. The molecule has 0 saturated carbocycles. The maximum Gasteiger partial charge on any atom is 0.264 e. The molecule has 6 heteroatoms. The summed E-state index contributed by atoms with van der Waals surface area (Å²) >= 11 is 0. The Morgan fingerprint density at radius 1 is 1.47 bits per heavy atom. The zero-order valence-electron chi connectivity index (χ0n) is 10.4. The van der Waals surface area contributed by atoms with Crippen LogP contribution in [0.3, 0.4) is 0 Å². The van der Waals surface area contributed by atoms with E-state index < -0.39 is 16.2 Å². The largest absolute Gasteiger partial charge is 0.290 e. The highest BCUT2D eigenvalue weighted by molar-refractivity contribution is 7.86. The quantitative estimate of drug-likeness (QED) is 0.622. The van der Waals surface area contributed by atoms with Crippen LogP contribution in [0.1, 0.15) is 17.7 Å². The van der Waals surface area contributed by atoms with E-state index in [1.54, 1.807) is 12.1 Å². The van der Waals surface area contributed by atoms with E-state index in [1.807, 2.05) is 0 Å². The van der Waals surface area contributed by atoms with Gasteiger partial charge in [0.1, 0.15) is 0 Å². The van der Waals surface area contributed by atoms with E-state index in [0.29, 0.717) is 24.8 Å². The van der Waals surface area contributed by atoms with Gasteiger partial charge in [-0.1, -0.05) is 6.07 Å². The molecule has 1 radical (unpaired) electrons. The molecule has 0 bridgehead atoms. The first-order chi connectivity index (χ1) is 8.94. The highest BCUT2D eigenvalue weighted by atomic mass is 32.2. The fourth-order valence-corrected chi connectivity index (χ4v) is 3.25. The smallest absolute Gasteiger partial charge is 0.264 e. The van der Waals surface area contributed by atoms with E-state index in [2.05, 4.69) is 6.07 Å². The summed E-state index contributed by atoms with van der Waals surface area (Å²) in [4.78, 5) is 0. The van der Waals surface area contributed by atoms with Gasteiger partial charge in [0.05, 0.1) is 17.9 Å². The standard InChI is InChI=1S/C13H13FNO3S/c1-19(16,17)18-11-6-5-9-7-10-3-2-4-13(14)15(10)12(9)8-11/h2-4,11H,5-6,8H2,1H3. The Balaban J connectivity index is 2.02. The van der Waals surface area contributed by atoms with Gasteiger partial charge in [0.25, 0.3) is 10.1 Å². The van der Waals surface area contributed by atoms with Crippen molar-refractivity contribution in [2.45, 2.75) is 25.4 Å². The number of pyridine rings is 1. The number of hydrogen-bond donors (Lipinski definition) is 0. The highest BCUT2D eigenvalue weighted by Crippen LogP contribution is 2.27. The van der Waals surface area contributed by atoms with Gasteiger partial charge in [0.15, 0.2) is 5.95 Å². The van der Waals surface area contributed by atoms with Gasteiger partial charge in [-0.05, 0) is 30.5 Å². The van der Waals surface area contributed by atoms with Crippen LogP contribution in [0.5, 0.6) is 0 Å². The number of hydrogen-bond acceptors (Lipinski definition) is 3. The molecule has 19 heavy (non-hydrogen) atoms. The molecule has 0 N–H and O–H groups in total. The molecule has 101 valence electrons. The molecule has 1 unspecified atom stereocenters. The van der Waals surface area contributed by atoms with Gasteiger partial charge in [0.2, 0.25) is 0 Å². The van der Waals surface area contributed by atoms with Gasteiger partial charge in [-0.2, -0.15) is 12.8 Å². The molecular weight excluding hydrogens is 269 g/mol. The van der Waals surface area contributed by atoms with E-state index in [1.165, 1.54) is 10.5 Å². The van der Waals surface area contributed by atoms with Crippen LogP contribution in [0.15, 0.2) is 18.2 Å². The van der Waals surface area contributed by atoms with Crippen LogP contribution >= 0.6 is 0 Å². The lowest BCUT2D eigenvalue weighted by molar-refractivity contribution is 0.192. The first kappa shape index (κ1) is 12.6. The molecule has 2 aromatic heterocycles. The zero-order chi connectivity index (χ0) is 13.6. The molecule has 0 amide bonds. The lowest BCUT2D eigenvalue weighted by Gasteiger charge is -2.21. The molecule has 1 atom stereocenters. The number of rotatable bonds is 2. The SMILES string of the molecule is CS(=O)(=O)OC1CCc2[c]c3cccc(F)n3c2C1. The summed E-state index contributed by atoms with van der Waals surface area (Å²) in [5.74, 6) is -0.366. The zero-order valence-corrected chi connectivity index (χ0v) is 11.2. The first-order valence-corrected chi connectivity index (χ1v) is 7.84. The minimum atomic E-state index is -3.49. The van der Waals surface area contributed by atoms with Crippen molar-refractivity contribution in [1.29, 1.82) is 0 Å². The van der Waals surface area contributed by atoms with E-state index >= 15 is 0 Å². The molecular formula is C13H13FNO3S. The molecule has 3 rings (SSSR count). The van der Waals surface area contributed by atoms with Crippen molar-refractivity contribution in [3.05, 3.63) is 41.5 Å². The maximum absolute atomic E-state index is 13.9. The van der Waals surface area contributed by atoms with Crippen molar-refractivity contribution in [3.63, 3.8) is 0 Å². The molecule has 0 saturated heterocycles. The van der Waals surface area contributed by atoms with E-state index in [9.17, 15) is 12.8 Å². The molecule has 4 nitrogen and oxygen atoms in total. The summed E-state index contributed by atoms with van der Waals surface area (Å²) < 4.78 is 42.7. The predicted octanol–water partition coefficient (Wildman–Crippen LogP) is 1.71. The van der Waals surface area contributed by atoms with Crippen LogP contribution in [0.2, 0.25) is 0 Å². The van der Waals surface area contributed by atoms with Crippen LogP contribution < -0.4 is 0 Å². The van der Waals surface area contributed by atoms with Crippen molar-refractivity contribution < 1.29 is 17.0 Å². The second-order valence-electron chi connectivity index (χ2n) is 4.78. The first-order valence-electron chi connectivity index (χ1n) is 6.02. The number of fused-ring (bicyclic) bond motifs is 3. The van der Waals surface area contributed by atoms with Crippen LogP contribution in [-0.2, 0) is 27.1 Å². The van der Waals surface area contributed by atoms with Crippen molar-refractivity contribution in [3.8, 4) is 0 Å². The summed E-state index contributed by atoms with van der Waals surface area (Å²) in [6.45, 7) is 0. The van der Waals surface area contributed by atoms with Gasteiger partial charge < -0.3 is 0 Å². The normalized spacial score (nSPS) is 19.6. The van der Waals surface area contributed by atoms with Crippen molar-refractivity contribution in [2.75, 3.05) is 6.26 Å². The summed E-state index contributed by atoms with van der Waals surface area (Å²) in [6.07, 6.45) is 2.25. The fourth-order valence-electron chi connectivity index (χ4n) is 2.59. The lowest BCUT2D eigenvalue weighted by atomic mass is 9.96. The number of aromatic nitrogens is 1. The Labute approximate surface area is 110 Å².